The zero-order valence-electron chi connectivity index (χ0n) is 21.3. The number of nitrogens with one attached hydrogen (secondary N) is 1. The molecule has 0 radical (unpaired) electrons. The zero-order chi connectivity index (χ0) is 25.1. The van der Waals surface area contributed by atoms with E-state index in [1.165, 1.54) is 59.7 Å². The summed E-state index contributed by atoms with van der Waals surface area (Å²) in [6.45, 7) is 3.84. The van der Waals surface area contributed by atoms with Crippen molar-refractivity contribution in [2.75, 3.05) is 6.54 Å². The van der Waals surface area contributed by atoms with E-state index in [2.05, 4.69) is 81.4 Å². The maximum absolute atomic E-state index is 13.4. The first-order valence-electron chi connectivity index (χ1n) is 13.6. The molecule has 1 aliphatic carbocycles. The summed E-state index contributed by atoms with van der Waals surface area (Å²) in [5, 5.41) is 4.12. The molecule has 4 nitrogen and oxygen atoms in total. The minimum Gasteiger partial charge on any atom is -0.356 e. The third kappa shape index (κ3) is 5.94. The van der Waals surface area contributed by atoms with Crippen LogP contribution in [0.25, 0.3) is 10.9 Å². The number of fused-ring (bicyclic) bond motifs is 1. The smallest absolute Gasteiger partial charge is 0.220 e. The van der Waals surface area contributed by atoms with Crippen LogP contribution >= 0.6 is 15.9 Å². The summed E-state index contributed by atoms with van der Waals surface area (Å²) in [7, 11) is 0. The van der Waals surface area contributed by atoms with Crippen molar-refractivity contribution in [1.82, 2.24) is 9.88 Å². The molecule has 2 unspecified atom stereocenters. The molecule has 0 bridgehead atoms. The van der Waals surface area contributed by atoms with Crippen molar-refractivity contribution in [3.8, 4) is 0 Å². The van der Waals surface area contributed by atoms with Crippen LogP contribution in [0, 0.1) is 18.8 Å². The lowest BCUT2D eigenvalue weighted by Gasteiger charge is -2.23. The number of amides is 1. The maximum Gasteiger partial charge on any atom is 0.220 e. The van der Waals surface area contributed by atoms with Gasteiger partial charge in [0.2, 0.25) is 5.91 Å². The SMILES string of the molecule is Cc1cccc(C(CC(=O)CC2CCNC(=O)C2)c2cn(CC3CCCCC3)c3ccc(Br)cc23)c1. The van der Waals surface area contributed by atoms with Gasteiger partial charge in [-0.15, -0.1) is 0 Å². The van der Waals surface area contributed by atoms with Crippen molar-refractivity contribution >= 4 is 38.5 Å². The van der Waals surface area contributed by atoms with Gasteiger partial charge in [0.15, 0.2) is 0 Å². The van der Waals surface area contributed by atoms with Crippen LogP contribution in [-0.2, 0) is 16.1 Å². The van der Waals surface area contributed by atoms with E-state index < -0.39 is 0 Å². The fourth-order valence-electron chi connectivity index (χ4n) is 6.33. The van der Waals surface area contributed by atoms with Gasteiger partial charge in [0.25, 0.3) is 0 Å². The molecule has 1 aliphatic heterocycles. The Morgan fingerprint density at radius 1 is 1.08 bits per heavy atom. The lowest BCUT2D eigenvalue weighted by atomic mass is 9.83. The van der Waals surface area contributed by atoms with Crippen LogP contribution in [0.1, 0.15) is 80.4 Å². The summed E-state index contributed by atoms with van der Waals surface area (Å²) in [5.41, 5.74) is 4.90. The number of carbonyl (C=O) groups is 2. The molecule has 2 atom stereocenters. The van der Waals surface area contributed by atoms with Gasteiger partial charge in [-0.2, -0.15) is 0 Å². The predicted octanol–water partition coefficient (Wildman–Crippen LogP) is 7.30. The highest BCUT2D eigenvalue weighted by molar-refractivity contribution is 9.10. The molecule has 1 amide bonds. The Morgan fingerprint density at radius 2 is 1.92 bits per heavy atom. The third-order valence-corrected chi connectivity index (χ3v) is 8.66. The average molecular weight is 550 g/mol. The number of nitrogens with zero attached hydrogens (tertiary/aromatic N) is 1. The molecular weight excluding hydrogens is 512 g/mol. The van der Waals surface area contributed by atoms with Crippen molar-refractivity contribution in [2.24, 2.45) is 11.8 Å². The molecule has 190 valence electrons. The summed E-state index contributed by atoms with van der Waals surface area (Å²) in [6.07, 6.45) is 11.3. The Kier molecular flexibility index (Phi) is 7.95. The van der Waals surface area contributed by atoms with Crippen molar-refractivity contribution in [3.05, 3.63) is 69.8 Å². The highest BCUT2D eigenvalue weighted by Crippen LogP contribution is 2.38. The summed E-state index contributed by atoms with van der Waals surface area (Å²) in [4.78, 5) is 25.3. The molecule has 1 N–H and O–H groups in total. The first-order chi connectivity index (χ1) is 17.5. The van der Waals surface area contributed by atoms with Gasteiger partial charge in [0, 0.05) is 59.8 Å². The average Bonchev–Trinajstić information content (AvgIpc) is 3.20. The minimum absolute atomic E-state index is 0.000720. The van der Waals surface area contributed by atoms with Crippen molar-refractivity contribution in [2.45, 2.75) is 77.2 Å². The van der Waals surface area contributed by atoms with Crippen LogP contribution in [0.3, 0.4) is 0 Å². The Morgan fingerprint density at radius 3 is 2.69 bits per heavy atom. The monoisotopic (exact) mass is 548 g/mol. The lowest BCUT2D eigenvalue weighted by Crippen LogP contribution is -2.34. The summed E-state index contributed by atoms with van der Waals surface area (Å²) in [6, 6.07) is 15.2. The summed E-state index contributed by atoms with van der Waals surface area (Å²) in [5.74, 6) is 1.21. The van der Waals surface area contributed by atoms with Crippen LogP contribution in [-0.4, -0.2) is 22.8 Å². The molecule has 1 saturated heterocycles. The standard InChI is InChI=1S/C31H37BrN2O2/c1-21-6-5-9-24(14-21)27(18-26(35)15-23-12-13-33-31(36)16-23)29-20-34(19-22-7-3-2-4-8-22)30-11-10-25(32)17-28(29)30/h5-6,9-11,14,17,20,22-23,27H,2-4,7-8,12-13,15-16,18-19H2,1H3,(H,33,36). The van der Waals surface area contributed by atoms with E-state index >= 15 is 0 Å². The second-order valence-electron chi connectivity index (χ2n) is 11.0. The van der Waals surface area contributed by atoms with Gasteiger partial charge in [-0.1, -0.05) is 65.0 Å². The second kappa shape index (κ2) is 11.3. The number of piperidine rings is 1. The fourth-order valence-corrected chi connectivity index (χ4v) is 6.69. The minimum atomic E-state index is -0.000720. The van der Waals surface area contributed by atoms with Gasteiger partial charge < -0.3 is 9.88 Å². The molecule has 1 saturated carbocycles. The number of ketones is 1. The van der Waals surface area contributed by atoms with E-state index in [1.54, 1.807) is 0 Å². The number of rotatable bonds is 8. The number of halogens is 1. The van der Waals surface area contributed by atoms with Crippen LogP contribution in [0.4, 0.5) is 0 Å². The maximum atomic E-state index is 13.4. The molecule has 3 aromatic rings. The topological polar surface area (TPSA) is 51.1 Å². The van der Waals surface area contributed by atoms with Crippen molar-refractivity contribution in [1.29, 1.82) is 0 Å². The zero-order valence-corrected chi connectivity index (χ0v) is 22.9. The van der Waals surface area contributed by atoms with Gasteiger partial charge in [-0.3, -0.25) is 9.59 Å². The quantitative estimate of drug-likeness (QED) is 0.321. The first-order valence-corrected chi connectivity index (χ1v) is 14.4. The highest BCUT2D eigenvalue weighted by Gasteiger charge is 2.27. The molecule has 2 aromatic carbocycles. The van der Waals surface area contributed by atoms with Crippen LogP contribution in [0.15, 0.2) is 53.1 Å². The highest BCUT2D eigenvalue weighted by atomic mass is 79.9. The molecule has 0 spiro atoms. The molecule has 2 fully saturated rings. The van der Waals surface area contributed by atoms with Crippen LogP contribution in [0.2, 0.25) is 0 Å². The summed E-state index contributed by atoms with van der Waals surface area (Å²) >= 11 is 3.70. The molecule has 2 heterocycles. The number of Topliss-reactive ketones (excluding diaryl/α,β-unsaturated/α-hetero) is 1. The van der Waals surface area contributed by atoms with E-state index in [9.17, 15) is 9.59 Å². The molecule has 2 aliphatic rings. The van der Waals surface area contributed by atoms with E-state index in [0.29, 0.717) is 25.8 Å². The van der Waals surface area contributed by atoms with E-state index in [4.69, 9.17) is 0 Å². The predicted molar refractivity (Wildman–Crippen MR) is 149 cm³/mol. The van der Waals surface area contributed by atoms with E-state index in [-0.39, 0.29) is 23.5 Å². The Bertz CT molecular complexity index is 1240. The number of hydrogen-bond acceptors (Lipinski definition) is 2. The van der Waals surface area contributed by atoms with E-state index in [1.807, 2.05) is 0 Å². The number of aryl methyl sites for hydroxylation is 1. The number of carbonyl (C=O) groups excluding carboxylic acids is 2. The number of hydrogen-bond donors (Lipinski definition) is 1. The Hall–Kier alpha value is -2.40. The lowest BCUT2D eigenvalue weighted by molar-refractivity contribution is -0.124. The van der Waals surface area contributed by atoms with Gasteiger partial charge in [0.1, 0.15) is 5.78 Å². The van der Waals surface area contributed by atoms with Gasteiger partial charge >= 0.3 is 0 Å². The number of aromatic nitrogens is 1. The van der Waals surface area contributed by atoms with Crippen LogP contribution < -0.4 is 5.32 Å². The molecule has 5 rings (SSSR count). The molecule has 1 aromatic heterocycles. The first kappa shape index (κ1) is 25.3. The Labute approximate surface area is 223 Å². The van der Waals surface area contributed by atoms with Gasteiger partial charge in [-0.25, -0.2) is 0 Å². The van der Waals surface area contributed by atoms with Crippen molar-refractivity contribution in [3.63, 3.8) is 0 Å². The Balaban J connectivity index is 1.49. The third-order valence-electron chi connectivity index (χ3n) is 8.17. The normalized spacial score (nSPS) is 19.8. The summed E-state index contributed by atoms with van der Waals surface area (Å²) < 4.78 is 3.51. The van der Waals surface area contributed by atoms with Crippen LogP contribution in [0.5, 0.6) is 0 Å². The van der Waals surface area contributed by atoms with Gasteiger partial charge in [-0.05, 0) is 67.3 Å². The van der Waals surface area contributed by atoms with Crippen molar-refractivity contribution < 1.29 is 9.59 Å². The largest absolute Gasteiger partial charge is 0.356 e. The fraction of sp³-hybridized carbons (Fsp3) is 0.484. The second-order valence-corrected chi connectivity index (χ2v) is 11.9. The van der Waals surface area contributed by atoms with E-state index in [0.717, 1.165) is 23.4 Å². The molecular formula is C31H37BrN2O2. The van der Waals surface area contributed by atoms with Gasteiger partial charge in [0.05, 0.1) is 0 Å². The molecule has 36 heavy (non-hydrogen) atoms. The molecule has 5 heteroatoms. The number of benzene rings is 2.